The van der Waals surface area contributed by atoms with Gasteiger partial charge in [0.2, 0.25) is 0 Å². The Hall–Kier alpha value is -0.860. The van der Waals surface area contributed by atoms with Crippen LogP contribution >= 0.6 is 0 Å². The summed E-state index contributed by atoms with van der Waals surface area (Å²) in [4.78, 5) is 0. The molecule has 1 atom stereocenters. The first kappa shape index (κ1) is 17.2. The maximum Gasteiger partial charge on any atom is 0.0518 e. The van der Waals surface area contributed by atoms with E-state index < -0.39 is 0 Å². The van der Waals surface area contributed by atoms with Gasteiger partial charge in [0.1, 0.15) is 0 Å². The smallest absolute Gasteiger partial charge is 0.0518 e. The predicted molar refractivity (Wildman–Crippen MR) is 87.1 cm³/mol. The van der Waals surface area contributed by atoms with E-state index in [1.807, 2.05) is 0 Å². The minimum Gasteiger partial charge on any atom is -0.379 e. The third-order valence-corrected chi connectivity index (χ3v) is 3.27. The lowest BCUT2D eigenvalue weighted by atomic mass is 9.95. The molecule has 2 heteroatoms. The molecule has 0 bridgehead atoms. The number of hydrogen-bond acceptors (Lipinski definition) is 2. The van der Waals surface area contributed by atoms with Crippen LogP contribution in [0.25, 0.3) is 0 Å². The maximum absolute atomic E-state index is 5.71. The zero-order valence-corrected chi connectivity index (χ0v) is 13.8. The Kier molecular flexibility index (Phi) is 7.25. The second-order valence-electron chi connectivity index (χ2n) is 6.89. The van der Waals surface area contributed by atoms with Crippen molar-refractivity contribution in [2.75, 3.05) is 13.2 Å². The first-order valence-electron chi connectivity index (χ1n) is 7.77. The van der Waals surface area contributed by atoms with Crippen LogP contribution in [-0.4, -0.2) is 24.8 Å². The third kappa shape index (κ3) is 8.34. The SMILES string of the molecule is CC(C)OCCC(CNC(C)(C)C)Cc1ccccc1. The minimum absolute atomic E-state index is 0.174. The van der Waals surface area contributed by atoms with Gasteiger partial charge in [-0.15, -0.1) is 0 Å². The summed E-state index contributed by atoms with van der Waals surface area (Å²) in [7, 11) is 0. The van der Waals surface area contributed by atoms with Gasteiger partial charge in [0.15, 0.2) is 0 Å². The third-order valence-electron chi connectivity index (χ3n) is 3.27. The summed E-state index contributed by atoms with van der Waals surface area (Å²) >= 11 is 0. The quantitative estimate of drug-likeness (QED) is 0.774. The van der Waals surface area contributed by atoms with Gasteiger partial charge < -0.3 is 10.1 Å². The molecule has 0 saturated carbocycles. The van der Waals surface area contributed by atoms with Gasteiger partial charge in [-0.2, -0.15) is 0 Å². The largest absolute Gasteiger partial charge is 0.379 e. The lowest BCUT2D eigenvalue weighted by Crippen LogP contribution is -2.39. The van der Waals surface area contributed by atoms with E-state index in [0.29, 0.717) is 12.0 Å². The van der Waals surface area contributed by atoms with Gasteiger partial charge >= 0.3 is 0 Å². The average molecular weight is 277 g/mol. The van der Waals surface area contributed by atoms with Crippen LogP contribution < -0.4 is 5.32 Å². The van der Waals surface area contributed by atoms with Crippen LogP contribution in [0.2, 0.25) is 0 Å². The van der Waals surface area contributed by atoms with Crippen molar-refractivity contribution in [2.24, 2.45) is 5.92 Å². The number of ether oxygens (including phenoxy) is 1. The summed E-state index contributed by atoms with van der Waals surface area (Å²) in [5, 5.41) is 3.62. The molecule has 0 aromatic heterocycles. The van der Waals surface area contributed by atoms with Crippen molar-refractivity contribution in [1.29, 1.82) is 0 Å². The molecule has 0 fully saturated rings. The molecule has 1 unspecified atom stereocenters. The normalized spacial score (nSPS) is 13.7. The van der Waals surface area contributed by atoms with Crippen LogP contribution in [0.4, 0.5) is 0 Å². The zero-order chi connectivity index (χ0) is 15.0. The molecule has 1 N–H and O–H groups in total. The van der Waals surface area contributed by atoms with Gasteiger partial charge in [0.05, 0.1) is 6.10 Å². The summed E-state index contributed by atoms with van der Waals surface area (Å²) in [6.07, 6.45) is 2.55. The molecule has 114 valence electrons. The Morgan fingerprint density at radius 3 is 2.30 bits per heavy atom. The van der Waals surface area contributed by atoms with Crippen molar-refractivity contribution in [3.8, 4) is 0 Å². The van der Waals surface area contributed by atoms with Crippen LogP contribution in [-0.2, 0) is 11.2 Å². The summed E-state index contributed by atoms with van der Waals surface area (Å²) < 4.78 is 5.71. The Balaban J connectivity index is 2.49. The molecule has 1 rings (SSSR count). The maximum atomic E-state index is 5.71. The zero-order valence-electron chi connectivity index (χ0n) is 13.8. The molecular weight excluding hydrogens is 246 g/mol. The summed E-state index contributed by atoms with van der Waals surface area (Å²) in [6.45, 7) is 12.7. The fraction of sp³-hybridized carbons (Fsp3) is 0.667. The van der Waals surface area contributed by atoms with E-state index in [0.717, 1.165) is 26.0 Å². The molecule has 20 heavy (non-hydrogen) atoms. The number of nitrogens with one attached hydrogen (secondary N) is 1. The van der Waals surface area contributed by atoms with Crippen LogP contribution in [0, 0.1) is 5.92 Å². The van der Waals surface area contributed by atoms with E-state index in [9.17, 15) is 0 Å². The van der Waals surface area contributed by atoms with E-state index in [2.05, 4.69) is 70.3 Å². The van der Waals surface area contributed by atoms with Crippen molar-refractivity contribution < 1.29 is 4.74 Å². The highest BCUT2D eigenvalue weighted by Crippen LogP contribution is 2.14. The molecule has 0 radical (unpaired) electrons. The molecule has 0 aliphatic rings. The molecule has 0 aliphatic heterocycles. The highest BCUT2D eigenvalue weighted by Gasteiger charge is 2.15. The number of hydrogen-bond donors (Lipinski definition) is 1. The summed E-state index contributed by atoms with van der Waals surface area (Å²) in [5.74, 6) is 0.621. The highest BCUT2D eigenvalue weighted by molar-refractivity contribution is 5.15. The van der Waals surface area contributed by atoms with Crippen LogP contribution in [0.1, 0.15) is 46.6 Å². The fourth-order valence-electron chi connectivity index (χ4n) is 2.14. The average Bonchev–Trinajstić information content (AvgIpc) is 2.35. The Morgan fingerprint density at radius 1 is 1.10 bits per heavy atom. The predicted octanol–water partition coefficient (Wildman–Crippen LogP) is 4.05. The lowest BCUT2D eigenvalue weighted by molar-refractivity contribution is 0.0677. The molecule has 2 nitrogen and oxygen atoms in total. The van der Waals surface area contributed by atoms with Crippen molar-refractivity contribution in [3.63, 3.8) is 0 Å². The second-order valence-corrected chi connectivity index (χ2v) is 6.89. The highest BCUT2D eigenvalue weighted by atomic mass is 16.5. The lowest BCUT2D eigenvalue weighted by Gasteiger charge is -2.25. The molecule has 1 aromatic carbocycles. The molecule has 0 saturated heterocycles. The monoisotopic (exact) mass is 277 g/mol. The van der Waals surface area contributed by atoms with E-state index >= 15 is 0 Å². The van der Waals surface area contributed by atoms with Gasteiger partial charge in [-0.1, -0.05) is 30.3 Å². The van der Waals surface area contributed by atoms with E-state index in [1.54, 1.807) is 0 Å². The minimum atomic E-state index is 0.174. The molecule has 0 spiro atoms. The topological polar surface area (TPSA) is 21.3 Å². The standard InChI is InChI=1S/C18H31NO/c1-15(2)20-12-11-17(14-19-18(3,4)5)13-16-9-7-6-8-10-16/h6-10,15,17,19H,11-14H2,1-5H3. The fourth-order valence-corrected chi connectivity index (χ4v) is 2.14. The summed E-state index contributed by atoms with van der Waals surface area (Å²) in [5.41, 5.74) is 1.59. The van der Waals surface area contributed by atoms with Gasteiger partial charge in [-0.3, -0.25) is 0 Å². The van der Waals surface area contributed by atoms with Gasteiger partial charge in [-0.05, 0) is 65.5 Å². The molecule has 1 aromatic rings. The number of rotatable bonds is 8. The van der Waals surface area contributed by atoms with Crippen molar-refractivity contribution in [2.45, 2.75) is 59.1 Å². The van der Waals surface area contributed by atoms with Crippen LogP contribution in [0.3, 0.4) is 0 Å². The Bertz CT molecular complexity index is 353. The van der Waals surface area contributed by atoms with Gasteiger partial charge in [0.25, 0.3) is 0 Å². The Labute approximate surface area is 124 Å². The molecule has 0 amide bonds. The van der Waals surface area contributed by atoms with Crippen molar-refractivity contribution in [1.82, 2.24) is 5.32 Å². The van der Waals surface area contributed by atoms with E-state index in [4.69, 9.17) is 4.74 Å². The molecule has 0 aliphatic carbocycles. The van der Waals surface area contributed by atoms with Crippen LogP contribution in [0.15, 0.2) is 30.3 Å². The van der Waals surface area contributed by atoms with Crippen LogP contribution in [0.5, 0.6) is 0 Å². The van der Waals surface area contributed by atoms with Gasteiger partial charge in [0, 0.05) is 12.1 Å². The van der Waals surface area contributed by atoms with E-state index in [1.165, 1.54) is 5.56 Å². The first-order valence-corrected chi connectivity index (χ1v) is 7.77. The van der Waals surface area contributed by atoms with Gasteiger partial charge in [-0.25, -0.2) is 0 Å². The molecular formula is C18H31NO. The van der Waals surface area contributed by atoms with Crippen molar-refractivity contribution in [3.05, 3.63) is 35.9 Å². The second kappa shape index (κ2) is 8.43. The van der Waals surface area contributed by atoms with E-state index in [-0.39, 0.29) is 5.54 Å². The Morgan fingerprint density at radius 2 is 1.75 bits per heavy atom. The van der Waals surface area contributed by atoms with Crippen molar-refractivity contribution >= 4 is 0 Å². The number of benzene rings is 1. The summed E-state index contributed by atoms with van der Waals surface area (Å²) in [6, 6.07) is 10.7. The first-order chi connectivity index (χ1) is 9.37. The molecule has 0 heterocycles.